The van der Waals surface area contributed by atoms with Crippen LogP contribution in [0, 0.1) is 13.8 Å². The lowest BCUT2D eigenvalue weighted by atomic mass is 9.96. The third-order valence-electron chi connectivity index (χ3n) is 5.65. The van der Waals surface area contributed by atoms with E-state index in [1.165, 1.54) is 11.1 Å². The normalized spacial score (nSPS) is 19.5. The van der Waals surface area contributed by atoms with Gasteiger partial charge in [0.2, 0.25) is 0 Å². The van der Waals surface area contributed by atoms with Gasteiger partial charge in [-0.05, 0) is 31.0 Å². The van der Waals surface area contributed by atoms with Crippen molar-refractivity contribution in [1.82, 2.24) is 4.90 Å². The van der Waals surface area contributed by atoms with E-state index >= 15 is 0 Å². The van der Waals surface area contributed by atoms with Gasteiger partial charge in [0.15, 0.2) is 11.6 Å². The molecule has 2 fully saturated rings. The molecule has 2 saturated heterocycles. The number of ether oxygens (including phenoxy) is 2. The molecule has 0 radical (unpaired) electrons. The molecule has 1 spiro atoms. The number of benzene rings is 2. The van der Waals surface area contributed by atoms with E-state index in [9.17, 15) is 4.79 Å². The number of piperidine rings is 1. The zero-order valence-electron chi connectivity index (χ0n) is 16.2. The Morgan fingerprint density at radius 3 is 2.48 bits per heavy atom. The van der Waals surface area contributed by atoms with E-state index < -0.39 is 0 Å². The van der Waals surface area contributed by atoms with E-state index in [0.29, 0.717) is 13.2 Å². The summed E-state index contributed by atoms with van der Waals surface area (Å²) < 4.78 is 11.6. The van der Waals surface area contributed by atoms with Crippen LogP contribution in [0.2, 0.25) is 0 Å². The molecule has 4 heteroatoms. The molecule has 0 atom stereocenters. The van der Waals surface area contributed by atoms with Crippen molar-refractivity contribution in [1.29, 1.82) is 0 Å². The maximum atomic E-state index is 12.9. The number of ketones is 1. The highest BCUT2D eigenvalue weighted by molar-refractivity contribution is 6.10. The largest absolute Gasteiger partial charge is 0.347 e. The number of carbonyl (C=O) groups is 1. The summed E-state index contributed by atoms with van der Waals surface area (Å²) >= 11 is 0. The quantitative estimate of drug-likeness (QED) is 0.771. The number of carbonyl (C=O) groups excluding carboxylic acids is 1. The average Bonchev–Trinajstić information content (AvgIpc) is 3.12. The fourth-order valence-corrected chi connectivity index (χ4v) is 4.13. The van der Waals surface area contributed by atoms with E-state index in [1.807, 2.05) is 44.2 Å². The minimum Gasteiger partial charge on any atom is -0.347 e. The fourth-order valence-electron chi connectivity index (χ4n) is 4.13. The summed E-state index contributed by atoms with van der Waals surface area (Å²) in [5.41, 5.74) is 4.93. The van der Waals surface area contributed by atoms with Gasteiger partial charge in [0, 0.05) is 43.6 Å². The van der Waals surface area contributed by atoms with Crippen LogP contribution in [0.25, 0.3) is 0 Å². The molecule has 0 saturated carbocycles. The van der Waals surface area contributed by atoms with E-state index in [2.05, 4.69) is 17.0 Å². The van der Waals surface area contributed by atoms with Crippen molar-refractivity contribution in [2.24, 2.45) is 0 Å². The van der Waals surface area contributed by atoms with Gasteiger partial charge in [0.1, 0.15) is 0 Å². The maximum absolute atomic E-state index is 12.9. The van der Waals surface area contributed by atoms with Gasteiger partial charge in [-0.25, -0.2) is 0 Å². The molecule has 4 nitrogen and oxygen atoms in total. The predicted octanol–water partition coefficient (Wildman–Crippen LogP) is 3.87. The maximum Gasteiger partial charge on any atom is 0.193 e. The first kappa shape index (κ1) is 18.4. The predicted molar refractivity (Wildman–Crippen MR) is 105 cm³/mol. The highest BCUT2D eigenvalue weighted by Gasteiger charge is 2.39. The second-order valence-electron chi connectivity index (χ2n) is 7.73. The molecule has 2 aliphatic rings. The summed E-state index contributed by atoms with van der Waals surface area (Å²) in [6.45, 7) is 8.23. The fraction of sp³-hybridized carbons (Fsp3) is 0.435. The van der Waals surface area contributed by atoms with Crippen LogP contribution in [-0.4, -0.2) is 42.8 Å². The Morgan fingerprint density at radius 2 is 1.78 bits per heavy atom. The van der Waals surface area contributed by atoms with Crippen molar-refractivity contribution in [3.63, 3.8) is 0 Å². The summed E-state index contributed by atoms with van der Waals surface area (Å²) in [4.78, 5) is 15.4. The minimum absolute atomic E-state index is 0.0969. The lowest BCUT2D eigenvalue weighted by Gasteiger charge is -2.37. The van der Waals surface area contributed by atoms with Crippen LogP contribution in [0.3, 0.4) is 0 Å². The monoisotopic (exact) mass is 365 g/mol. The van der Waals surface area contributed by atoms with Crippen LogP contribution in [-0.2, 0) is 16.0 Å². The first-order chi connectivity index (χ1) is 13.0. The molecule has 0 aromatic heterocycles. The smallest absolute Gasteiger partial charge is 0.193 e. The van der Waals surface area contributed by atoms with E-state index in [1.54, 1.807) is 0 Å². The number of aryl methyl sites for hydroxylation is 2. The zero-order valence-corrected chi connectivity index (χ0v) is 16.2. The second kappa shape index (κ2) is 7.55. The van der Waals surface area contributed by atoms with Crippen LogP contribution in [0.5, 0.6) is 0 Å². The van der Waals surface area contributed by atoms with Crippen molar-refractivity contribution >= 4 is 5.78 Å². The van der Waals surface area contributed by atoms with Gasteiger partial charge < -0.3 is 9.47 Å². The van der Waals surface area contributed by atoms with Crippen molar-refractivity contribution in [3.05, 3.63) is 70.3 Å². The van der Waals surface area contributed by atoms with E-state index in [-0.39, 0.29) is 11.6 Å². The summed E-state index contributed by atoms with van der Waals surface area (Å²) in [6.07, 6.45) is 1.82. The van der Waals surface area contributed by atoms with Crippen LogP contribution >= 0.6 is 0 Å². The van der Waals surface area contributed by atoms with Gasteiger partial charge in [-0.1, -0.05) is 42.0 Å². The van der Waals surface area contributed by atoms with Gasteiger partial charge in [0.25, 0.3) is 0 Å². The zero-order chi connectivity index (χ0) is 18.9. The standard InChI is InChI=1S/C23H27NO3/c1-17-6-7-21(18(2)14-17)22(25)20-5-3-4-19(15-20)16-24-10-8-23(9-11-24)26-12-13-27-23/h3-7,14-15H,8-13,16H2,1-2H3. The molecule has 2 aromatic carbocycles. The lowest BCUT2D eigenvalue weighted by Crippen LogP contribution is -2.44. The van der Waals surface area contributed by atoms with Gasteiger partial charge in [0.05, 0.1) is 13.2 Å². The van der Waals surface area contributed by atoms with Crippen LogP contribution < -0.4 is 0 Å². The van der Waals surface area contributed by atoms with Crippen molar-refractivity contribution < 1.29 is 14.3 Å². The van der Waals surface area contributed by atoms with E-state index in [0.717, 1.165) is 49.2 Å². The molecule has 0 bridgehead atoms. The van der Waals surface area contributed by atoms with Gasteiger partial charge >= 0.3 is 0 Å². The Hall–Kier alpha value is -2.01. The second-order valence-corrected chi connectivity index (χ2v) is 7.73. The van der Waals surface area contributed by atoms with Gasteiger partial charge in [-0.15, -0.1) is 0 Å². The first-order valence-corrected chi connectivity index (χ1v) is 9.76. The number of hydrogen-bond acceptors (Lipinski definition) is 4. The lowest BCUT2D eigenvalue weighted by molar-refractivity contribution is -0.185. The average molecular weight is 365 g/mol. The third-order valence-corrected chi connectivity index (χ3v) is 5.65. The molecular formula is C23H27NO3. The minimum atomic E-state index is -0.336. The number of rotatable bonds is 4. The number of nitrogens with zero attached hydrogens (tertiary/aromatic N) is 1. The molecule has 27 heavy (non-hydrogen) atoms. The van der Waals surface area contributed by atoms with Crippen molar-refractivity contribution in [2.45, 2.75) is 39.0 Å². The molecule has 0 aliphatic carbocycles. The number of hydrogen-bond donors (Lipinski definition) is 0. The highest BCUT2D eigenvalue weighted by atomic mass is 16.7. The molecule has 4 rings (SSSR count). The Balaban J connectivity index is 1.44. The van der Waals surface area contributed by atoms with E-state index in [4.69, 9.17) is 9.47 Å². The Morgan fingerprint density at radius 1 is 1.04 bits per heavy atom. The Labute approximate surface area is 161 Å². The van der Waals surface area contributed by atoms with Crippen molar-refractivity contribution in [2.75, 3.05) is 26.3 Å². The molecule has 2 aromatic rings. The Kier molecular flexibility index (Phi) is 5.13. The molecule has 2 aliphatic heterocycles. The molecule has 2 heterocycles. The molecule has 142 valence electrons. The van der Waals surface area contributed by atoms with Gasteiger partial charge in [-0.2, -0.15) is 0 Å². The molecule has 0 N–H and O–H groups in total. The summed E-state index contributed by atoms with van der Waals surface area (Å²) in [5.74, 6) is -0.239. The van der Waals surface area contributed by atoms with Crippen LogP contribution in [0.4, 0.5) is 0 Å². The SMILES string of the molecule is Cc1ccc(C(=O)c2cccc(CN3CCC4(CC3)OCCO4)c2)c(C)c1. The van der Waals surface area contributed by atoms with Gasteiger partial charge in [-0.3, -0.25) is 9.69 Å². The van der Waals surface area contributed by atoms with Crippen molar-refractivity contribution in [3.8, 4) is 0 Å². The summed E-state index contributed by atoms with van der Waals surface area (Å²) in [7, 11) is 0. The summed E-state index contributed by atoms with van der Waals surface area (Å²) in [6, 6.07) is 14.0. The Bertz CT molecular complexity index is 829. The molecular weight excluding hydrogens is 338 g/mol. The summed E-state index contributed by atoms with van der Waals surface area (Å²) in [5, 5.41) is 0. The molecule has 0 amide bonds. The third kappa shape index (κ3) is 3.98. The highest BCUT2D eigenvalue weighted by Crippen LogP contribution is 2.31. The topological polar surface area (TPSA) is 38.8 Å². The molecule has 0 unspecified atom stereocenters. The first-order valence-electron chi connectivity index (χ1n) is 9.76. The number of likely N-dealkylation sites (tertiary alicyclic amines) is 1. The van der Waals surface area contributed by atoms with Crippen LogP contribution in [0.15, 0.2) is 42.5 Å². The van der Waals surface area contributed by atoms with Crippen LogP contribution in [0.1, 0.15) is 45.5 Å².